The van der Waals surface area contributed by atoms with Gasteiger partial charge in [-0.05, 0) is 49.8 Å². The van der Waals surface area contributed by atoms with Crippen LogP contribution in [0.2, 0.25) is 0 Å². The molecule has 1 aliphatic heterocycles. The Morgan fingerprint density at radius 3 is 2.52 bits per heavy atom. The van der Waals surface area contributed by atoms with E-state index in [2.05, 4.69) is 78.3 Å². The van der Waals surface area contributed by atoms with Crippen LogP contribution in [0.5, 0.6) is 0 Å². The normalized spacial score (nSPS) is 17.9. The zero-order valence-electron chi connectivity index (χ0n) is 15.3. The van der Waals surface area contributed by atoms with E-state index in [4.69, 9.17) is 0 Å². The number of nitrogens with zero attached hydrogens (tertiary/aromatic N) is 3. The smallest absolute Gasteiger partial charge is 0.159 e. The Kier molecular flexibility index (Phi) is 4.16. The summed E-state index contributed by atoms with van der Waals surface area (Å²) < 4.78 is 0. The highest BCUT2D eigenvalue weighted by Gasteiger charge is 2.21. The highest BCUT2D eigenvalue weighted by molar-refractivity contribution is 6.00. The predicted molar refractivity (Wildman–Crippen MR) is 105 cm³/mol. The van der Waals surface area contributed by atoms with Crippen molar-refractivity contribution in [3.63, 3.8) is 0 Å². The van der Waals surface area contributed by atoms with Gasteiger partial charge in [0.25, 0.3) is 0 Å². The molecule has 2 heterocycles. The summed E-state index contributed by atoms with van der Waals surface area (Å²) in [7, 11) is 0. The van der Waals surface area contributed by atoms with Crippen LogP contribution in [-0.4, -0.2) is 23.3 Å². The van der Waals surface area contributed by atoms with Gasteiger partial charge in [0, 0.05) is 29.4 Å². The Morgan fingerprint density at radius 1 is 0.960 bits per heavy atom. The van der Waals surface area contributed by atoms with Gasteiger partial charge < -0.3 is 4.90 Å². The van der Waals surface area contributed by atoms with Crippen LogP contribution < -0.4 is 4.90 Å². The van der Waals surface area contributed by atoms with Gasteiger partial charge in [-0.15, -0.1) is 10.2 Å². The Balaban J connectivity index is 1.85. The Hall–Kier alpha value is -2.42. The van der Waals surface area contributed by atoms with Crippen molar-refractivity contribution >= 4 is 16.6 Å². The molecule has 3 nitrogen and oxygen atoms in total. The molecule has 1 saturated heterocycles. The van der Waals surface area contributed by atoms with Gasteiger partial charge in [-0.25, -0.2) is 0 Å². The number of fused-ring (bicyclic) bond motifs is 1. The SMILES string of the molecule is Cc1ccc(-c2nnc(N3CCCC(C)C3)c3ccccc23)cc1C. The monoisotopic (exact) mass is 331 g/mol. The second-order valence-corrected chi connectivity index (χ2v) is 7.41. The number of benzene rings is 2. The summed E-state index contributed by atoms with van der Waals surface area (Å²) in [6.07, 6.45) is 2.54. The summed E-state index contributed by atoms with van der Waals surface area (Å²) in [6.45, 7) is 8.76. The quantitative estimate of drug-likeness (QED) is 0.650. The third-order valence-electron chi connectivity index (χ3n) is 5.40. The average molecular weight is 331 g/mol. The molecule has 25 heavy (non-hydrogen) atoms. The topological polar surface area (TPSA) is 29.0 Å². The first-order valence-corrected chi connectivity index (χ1v) is 9.21. The summed E-state index contributed by atoms with van der Waals surface area (Å²) in [5.41, 5.74) is 4.72. The molecule has 0 aliphatic carbocycles. The number of anilines is 1. The maximum Gasteiger partial charge on any atom is 0.159 e. The number of hydrogen-bond acceptors (Lipinski definition) is 3. The zero-order chi connectivity index (χ0) is 17.4. The molecule has 1 fully saturated rings. The Bertz CT molecular complexity index is 916. The van der Waals surface area contributed by atoms with Gasteiger partial charge in [0.15, 0.2) is 5.82 Å². The predicted octanol–water partition coefficient (Wildman–Crippen LogP) is 5.15. The number of aryl methyl sites for hydroxylation is 2. The molecule has 3 aromatic rings. The lowest BCUT2D eigenvalue weighted by molar-refractivity contribution is 0.444. The van der Waals surface area contributed by atoms with Crippen molar-refractivity contribution in [3.05, 3.63) is 53.6 Å². The van der Waals surface area contributed by atoms with E-state index < -0.39 is 0 Å². The average Bonchev–Trinajstić information content (AvgIpc) is 2.63. The molecule has 1 atom stereocenters. The third kappa shape index (κ3) is 2.99. The summed E-state index contributed by atoms with van der Waals surface area (Å²) in [4.78, 5) is 2.41. The largest absolute Gasteiger partial charge is 0.354 e. The lowest BCUT2D eigenvalue weighted by Crippen LogP contribution is -2.35. The van der Waals surface area contributed by atoms with Crippen LogP contribution in [0, 0.1) is 19.8 Å². The lowest BCUT2D eigenvalue weighted by Gasteiger charge is -2.32. The first kappa shape index (κ1) is 16.1. The van der Waals surface area contributed by atoms with Crippen LogP contribution in [-0.2, 0) is 0 Å². The molecule has 1 unspecified atom stereocenters. The highest BCUT2D eigenvalue weighted by Crippen LogP contribution is 2.33. The van der Waals surface area contributed by atoms with Crippen LogP contribution in [0.1, 0.15) is 30.9 Å². The van der Waals surface area contributed by atoms with Crippen molar-refractivity contribution in [2.45, 2.75) is 33.6 Å². The van der Waals surface area contributed by atoms with Crippen LogP contribution in [0.15, 0.2) is 42.5 Å². The first-order valence-electron chi connectivity index (χ1n) is 9.21. The Labute approximate surface area is 149 Å². The number of aromatic nitrogens is 2. The molecule has 128 valence electrons. The van der Waals surface area contributed by atoms with Crippen molar-refractivity contribution in [3.8, 4) is 11.3 Å². The minimum atomic E-state index is 0.716. The van der Waals surface area contributed by atoms with Crippen molar-refractivity contribution in [2.75, 3.05) is 18.0 Å². The molecule has 0 N–H and O–H groups in total. The molecular weight excluding hydrogens is 306 g/mol. The molecule has 3 heteroatoms. The number of hydrogen-bond donors (Lipinski definition) is 0. The van der Waals surface area contributed by atoms with E-state index in [0.717, 1.165) is 30.2 Å². The van der Waals surface area contributed by atoms with Crippen LogP contribution in [0.25, 0.3) is 22.0 Å². The molecule has 0 spiro atoms. The molecule has 0 saturated carbocycles. The summed E-state index contributed by atoms with van der Waals surface area (Å²) >= 11 is 0. The van der Waals surface area contributed by atoms with Gasteiger partial charge >= 0.3 is 0 Å². The number of rotatable bonds is 2. The van der Waals surface area contributed by atoms with E-state index in [1.54, 1.807) is 0 Å². The molecule has 0 amide bonds. The van der Waals surface area contributed by atoms with Crippen molar-refractivity contribution in [1.29, 1.82) is 0 Å². The van der Waals surface area contributed by atoms with Gasteiger partial charge in [-0.2, -0.15) is 0 Å². The van der Waals surface area contributed by atoms with E-state index in [0.29, 0.717) is 5.92 Å². The summed E-state index contributed by atoms with van der Waals surface area (Å²) in [5.74, 6) is 1.75. The fourth-order valence-corrected chi connectivity index (χ4v) is 3.81. The third-order valence-corrected chi connectivity index (χ3v) is 5.40. The maximum absolute atomic E-state index is 4.67. The molecular formula is C22H25N3. The second kappa shape index (κ2) is 6.47. The molecule has 2 aromatic carbocycles. The summed E-state index contributed by atoms with van der Waals surface area (Å²) in [6, 6.07) is 15.1. The van der Waals surface area contributed by atoms with Crippen LogP contribution in [0.3, 0.4) is 0 Å². The minimum Gasteiger partial charge on any atom is -0.354 e. The van der Waals surface area contributed by atoms with Gasteiger partial charge in [-0.1, -0.05) is 43.3 Å². The number of piperidine rings is 1. The van der Waals surface area contributed by atoms with Gasteiger partial charge in [0.1, 0.15) is 5.69 Å². The lowest BCUT2D eigenvalue weighted by atomic mass is 9.98. The van der Waals surface area contributed by atoms with Crippen LogP contribution >= 0.6 is 0 Å². The second-order valence-electron chi connectivity index (χ2n) is 7.41. The van der Waals surface area contributed by atoms with Crippen molar-refractivity contribution in [2.24, 2.45) is 5.92 Å². The molecule has 0 bridgehead atoms. The van der Waals surface area contributed by atoms with E-state index in [1.165, 1.54) is 34.7 Å². The van der Waals surface area contributed by atoms with E-state index >= 15 is 0 Å². The van der Waals surface area contributed by atoms with E-state index in [-0.39, 0.29) is 0 Å². The van der Waals surface area contributed by atoms with E-state index in [9.17, 15) is 0 Å². The maximum atomic E-state index is 4.67. The molecule has 0 radical (unpaired) electrons. The molecule has 1 aliphatic rings. The Morgan fingerprint density at radius 2 is 1.76 bits per heavy atom. The highest BCUT2D eigenvalue weighted by atomic mass is 15.3. The fourth-order valence-electron chi connectivity index (χ4n) is 3.81. The molecule has 4 rings (SSSR count). The van der Waals surface area contributed by atoms with Gasteiger partial charge in [0.05, 0.1) is 0 Å². The van der Waals surface area contributed by atoms with Gasteiger partial charge in [0.2, 0.25) is 0 Å². The fraction of sp³-hybridized carbons (Fsp3) is 0.364. The zero-order valence-corrected chi connectivity index (χ0v) is 15.3. The summed E-state index contributed by atoms with van der Waals surface area (Å²) in [5, 5.41) is 11.7. The minimum absolute atomic E-state index is 0.716. The van der Waals surface area contributed by atoms with E-state index in [1.807, 2.05) is 0 Å². The van der Waals surface area contributed by atoms with Crippen molar-refractivity contribution in [1.82, 2.24) is 10.2 Å². The molecule has 1 aromatic heterocycles. The standard InChI is InChI=1S/C22H25N3/c1-15-7-6-12-25(14-15)22-20-9-5-4-8-19(20)21(23-24-22)18-11-10-16(2)17(3)13-18/h4-5,8-11,13,15H,6-7,12,14H2,1-3H3. The van der Waals surface area contributed by atoms with Crippen molar-refractivity contribution < 1.29 is 0 Å². The van der Waals surface area contributed by atoms with Gasteiger partial charge in [-0.3, -0.25) is 0 Å². The first-order chi connectivity index (χ1) is 12.1. The van der Waals surface area contributed by atoms with Crippen LogP contribution in [0.4, 0.5) is 5.82 Å².